The number of imidazole rings is 3. The van der Waals surface area contributed by atoms with Crippen LogP contribution in [0.2, 0.25) is 0 Å². The first-order valence-electron chi connectivity index (χ1n) is 12.3. The molecule has 7 aromatic rings. The van der Waals surface area contributed by atoms with Crippen molar-refractivity contribution in [2.45, 2.75) is 0 Å². The average Bonchev–Trinajstić information content (AvgIpc) is 3.83. The maximum absolute atomic E-state index is 4.86. The maximum atomic E-state index is 4.86. The van der Waals surface area contributed by atoms with Crippen molar-refractivity contribution >= 4 is 28.4 Å². The van der Waals surface area contributed by atoms with Crippen LogP contribution in [0.5, 0.6) is 0 Å². The molecule has 14 heteroatoms. The zero-order valence-electron chi connectivity index (χ0n) is 20.7. The van der Waals surface area contributed by atoms with E-state index in [-0.39, 0.29) is 11.6 Å². The molecule has 0 spiro atoms. The predicted molar refractivity (Wildman–Crippen MR) is 145 cm³/mol. The first kappa shape index (κ1) is 22.0. The standard InChI is InChI=1S/C26H18N14/c1-3-7-19-17(5-1)29-15-39(19)25-33-22(34-26(36-25)40-16-30-18-6-2-4-8-20(18)40)21-31-23(37-11-9-27-13-37)35-24(32-21)38-12-10-28-14-38/h1-15,30H,16H2. The summed E-state index contributed by atoms with van der Waals surface area (Å²) in [6.07, 6.45) is 11.8. The van der Waals surface area contributed by atoms with E-state index in [0.717, 1.165) is 22.4 Å². The lowest BCUT2D eigenvalue weighted by atomic mass is 10.3. The van der Waals surface area contributed by atoms with Gasteiger partial charge in [-0.05, 0) is 24.3 Å². The van der Waals surface area contributed by atoms with Crippen LogP contribution in [0.1, 0.15) is 0 Å². The van der Waals surface area contributed by atoms with E-state index in [0.29, 0.717) is 30.5 Å². The minimum atomic E-state index is 0.261. The number of aromatic nitrogens is 12. The number of para-hydroxylation sites is 4. The number of anilines is 3. The Morgan fingerprint density at radius 1 is 0.625 bits per heavy atom. The Hall–Kier alpha value is -6.05. The fourth-order valence-electron chi connectivity index (χ4n) is 4.53. The topological polar surface area (TPSA) is 146 Å². The summed E-state index contributed by atoms with van der Waals surface area (Å²) >= 11 is 0. The largest absolute Gasteiger partial charge is 0.366 e. The number of rotatable bonds is 5. The van der Waals surface area contributed by atoms with E-state index in [9.17, 15) is 0 Å². The molecule has 40 heavy (non-hydrogen) atoms. The predicted octanol–water partition coefficient (Wildman–Crippen LogP) is 2.96. The van der Waals surface area contributed by atoms with Crippen molar-refractivity contribution in [2.75, 3.05) is 16.9 Å². The van der Waals surface area contributed by atoms with Crippen LogP contribution >= 0.6 is 0 Å². The van der Waals surface area contributed by atoms with E-state index in [1.54, 1.807) is 52.9 Å². The third-order valence-corrected chi connectivity index (χ3v) is 6.43. The number of benzene rings is 2. The smallest absolute Gasteiger partial charge is 0.240 e. The summed E-state index contributed by atoms with van der Waals surface area (Å²) in [6, 6.07) is 15.8. The van der Waals surface area contributed by atoms with Crippen molar-refractivity contribution in [3.05, 3.63) is 92.3 Å². The molecule has 1 aliphatic rings. The van der Waals surface area contributed by atoms with Crippen LogP contribution in [0.15, 0.2) is 92.3 Å². The molecule has 0 radical (unpaired) electrons. The van der Waals surface area contributed by atoms with Gasteiger partial charge in [-0.3, -0.25) is 18.6 Å². The second-order valence-corrected chi connectivity index (χ2v) is 8.84. The van der Waals surface area contributed by atoms with Crippen molar-refractivity contribution in [1.82, 2.24) is 58.6 Å². The fraction of sp³-hybridized carbons (Fsp3) is 0.0385. The Bertz CT molecular complexity index is 1920. The van der Waals surface area contributed by atoms with Gasteiger partial charge in [0.05, 0.1) is 29.1 Å². The van der Waals surface area contributed by atoms with Gasteiger partial charge in [0.2, 0.25) is 35.4 Å². The molecule has 2 aromatic carbocycles. The van der Waals surface area contributed by atoms with E-state index < -0.39 is 0 Å². The van der Waals surface area contributed by atoms with Gasteiger partial charge in [-0.1, -0.05) is 24.3 Å². The van der Waals surface area contributed by atoms with Crippen LogP contribution in [0.3, 0.4) is 0 Å². The van der Waals surface area contributed by atoms with Crippen molar-refractivity contribution < 1.29 is 0 Å². The molecule has 0 saturated carbocycles. The summed E-state index contributed by atoms with van der Waals surface area (Å²) in [7, 11) is 0. The van der Waals surface area contributed by atoms with Gasteiger partial charge >= 0.3 is 0 Å². The lowest BCUT2D eigenvalue weighted by Gasteiger charge is -2.17. The van der Waals surface area contributed by atoms with Gasteiger partial charge in [0.15, 0.2) is 0 Å². The number of hydrogen-bond donors (Lipinski definition) is 1. The third kappa shape index (κ3) is 3.62. The van der Waals surface area contributed by atoms with Crippen LogP contribution in [0.25, 0.3) is 40.5 Å². The zero-order chi connectivity index (χ0) is 26.5. The highest BCUT2D eigenvalue weighted by atomic mass is 15.4. The summed E-state index contributed by atoms with van der Waals surface area (Å²) in [5, 5.41) is 3.39. The lowest BCUT2D eigenvalue weighted by molar-refractivity contribution is 0.827. The fourth-order valence-corrected chi connectivity index (χ4v) is 4.53. The second-order valence-electron chi connectivity index (χ2n) is 8.84. The molecule has 0 saturated heterocycles. The molecule has 0 amide bonds. The monoisotopic (exact) mass is 526 g/mol. The molecule has 0 unspecified atom stereocenters. The normalized spacial score (nSPS) is 12.6. The highest BCUT2D eigenvalue weighted by Gasteiger charge is 2.25. The van der Waals surface area contributed by atoms with E-state index >= 15 is 0 Å². The summed E-state index contributed by atoms with van der Waals surface area (Å²) in [5.41, 5.74) is 3.63. The first-order chi connectivity index (χ1) is 19.8. The van der Waals surface area contributed by atoms with Crippen molar-refractivity contribution in [3.63, 3.8) is 0 Å². The van der Waals surface area contributed by atoms with E-state index in [1.165, 1.54) is 0 Å². The van der Waals surface area contributed by atoms with Crippen LogP contribution in [0, 0.1) is 0 Å². The lowest BCUT2D eigenvalue weighted by Crippen LogP contribution is -2.21. The molecule has 0 bridgehead atoms. The van der Waals surface area contributed by atoms with Gasteiger partial charge in [0.25, 0.3) is 0 Å². The van der Waals surface area contributed by atoms with Crippen LogP contribution in [0.4, 0.5) is 17.3 Å². The zero-order valence-corrected chi connectivity index (χ0v) is 20.7. The van der Waals surface area contributed by atoms with E-state index in [2.05, 4.69) is 25.3 Å². The van der Waals surface area contributed by atoms with Gasteiger partial charge < -0.3 is 5.32 Å². The summed E-state index contributed by atoms with van der Waals surface area (Å²) in [6.45, 7) is 0.491. The van der Waals surface area contributed by atoms with E-state index in [4.69, 9.17) is 24.9 Å². The highest BCUT2D eigenvalue weighted by Crippen LogP contribution is 2.35. The number of nitrogens with zero attached hydrogens (tertiary/aromatic N) is 13. The van der Waals surface area contributed by atoms with Gasteiger partial charge in [-0.25, -0.2) is 15.0 Å². The molecule has 0 aliphatic carbocycles. The SMILES string of the molecule is c1ccc2c(c1)NCN2c1nc(-c2nc(-n3ccnc3)nc(-n3ccnc3)n2)nc(-n2cnc3ccccc32)n1. The molecule has 8 rings (SSSR count). The number of hydrogen-bond acceptors (Lipinski definition) is 11. The van der Waals surface area contributed by atoms with E-state index in [1.807, 2.05) is 58.0 Å². The molecule has 14 nitrogen and oxygen atoms in total. The number of fused-ring (bicyclic) bond motifs is 2. The molecule has 192 valence electrons. The molecule has 5 aromatic heterocycles. The maximum Gasteiger partial charge on any atom is 0.240 e. The minimum absolute atomic E-state index is 0.261. The van der Waals surface area contributed by atoms with Gasteiger partial charge in [-0.2, -0.15) is 29.9 Å². The van der Waals surface area contributed by atoms with Gasteiger partial charge in [0.1, 0.15) is 19.0 Å². The Morgan fingerprint density at radius 3 is 2.02 bits per heavy atom. The third-order valence-electron chi connectivity index (χ3n) is 6.43. The number of nitrogens with one attached hydrogen (secondary N) is 1. The quantitative estimate of drug-likeness (QED) is 0.353. The Labute approximate surface area is 225 Å². The molecule has 0 fully saturated rings. The van der Waals surface area contributed by atoms with Crippen molar-refractivity contribution in [3.8, 4) is 29.5 Å². The highest BCUT2D eigenvalue weighted by molar-refractivity contribution is 5.80. The second kappa shape index (κ2) is 8.76. The molecular formula is C26H18N14. The van der Waals surface area contributed by atoms with Crippen molar-refractivity contribution in [1.29, 1.82) is 0 Å². The van der Waals surface area contributed by atoms with Gasteiger partial charge in [-0.15, -0.1) is 0 Å². The van der Waals surface area contributed by atoms with Crippen LogP contribution in [-0.2, 0) is 0 Å². The Kier molecular flexibility index (Phi) is 4.82. The van der Waals surface area contributed by atoms with Gasteiger partial charge in [0, 0.05) is 24.8 Å². The van der Waals surface area contributed by atoms with Crippen LogP contribution < -0.4 is 10.2 Å². The summed E-state index contributed by atoms with van der Waals surface area (Å²) in [4.78, 5) is 43.3. The van der Waals surface area contributed by atoms with Crippen LogP contribution in [-0.4, -0.2) is 65.2 Å². The molecular weight excluding hydrogens is 508 g/mol. The summed E-state index contributed by atoms with van der Waals surface area (Å²) < 4.78 is 5.21. The average molecular weight is 527 g/mol. The first-order valence-corrected chi connectivity index (χ1v) is 12.3. The Balaban J connectivity index is 1.35. The molecule has 6 heterocycles. The summed E-state index contributed by atoms with van der Waals surface area (Å²) in [5.74, 6) is 2.06. The van der Waals surface area contributed by atoms with Crippen molar-refractivity contribution in [2.24, 2.45) is 0 Å². The Morgan fingerprint density at radius 2 is 1.27 bits per heavy atom. The molecule has 1 aliphatic heterocycles. The minimum Gasteiger partial charge on any atom is -0.366 e. The molecule has 1 N–H and O–H groups in total. The molecule has 0 atom stereocenters.